The predicted octanol–water partition coefficient (Wildman–Crippen LogP) is 25.0. The number of nitrogens with zero attached hydrogens (tertiary/aromatic N) is 9. The lowest BCUT2D eigenvalue weighted by Crippen LogP contribution is -2.17. The normalized spacial score (nSPS) is 12.3. The molecule has 9 aromatic heterocycles. The summed E-state index contributed by atoms with van der Waals surface area (Å²) >= 11 is 1.72. The first-order valence-electron chi connectivity index (χ1n) is 36.0. The molecule has 1 atom stereocenters. The molecule has 9 rings (SSSR count). The molecule has 0 amide bonds. The number of alkyl halides is 6. The number of carbonyl (C=O) groups is 1. The maximum atomic E-state index is 13.3. The number of aliphatic hydroxyl groups excluding tert-OH is 1. The summed E-state index contributed by atoms with van der Waals surface area (Å²) in [5.74, 6) is -0.530. The van der Waals surface area contributed by atoms with Gasteiger partial charge in [0.15, 0.2) is 5.78 Å². The zero-order valence-electron chi connectivity index (χ0n) is 70.3. The third kappa shape index (κ3) is 36.4. The van der Waals surface area contributed by atoms with Gasteiger partial charge in [-0.05, 0) is 124 Å². The van der Waals surface area contributed by atoms with Crippen LogP contribution < -0.4 is 0 Å². The van der Waals surface area contributed by atoms with Gasteiger partial charge in [-0.1, -0.05) is 217 Å². The van der Waals surface area contributed by atoms with E-state index in [4.69, 9.17) is 0 Å². The molecule has 108 heavy (non-hydrogen) atoms. The summed E-state index contributed by atoms with van der Waals surface area (Å²) in [5.41, 5.74) is 9.48. The number of rotatable bonds is 2. The van der Waals surface area contributed by atoms with E-state index in [1.54, 1.807) is 62.0 Å². The molecule has 20 heteroatoms. The van der Waals surface area contributed by atoms with Crippen molar-refractivity contribution in [2.24, 2.45) is 0 Å². The fourth-order valence-electron chi connectivity index (χ4n) is 9.38. The van der Waals surface area contributed by atoms with Crippen molar-refractivity contribution in [2.75, 3.05) is 0 Å². The average Bonchev–Trinajstić information content (AvgIpc) is 0.955. The molecule has 0 aliphatic carbocycles. The van der Waals surface area contributed by atoms with Crippen LogP contribution in [0.1, 0.15) is 301 Å². The predicted molar refractivity (Wildman–Crippen MR) is 429 cm³/mol. The molecule has 0 radical (unpaired) electrons. The van der Waals surface area contributed by atoms with Crippen molar-refractivity contribution in [3.05, 3.63) is 253 Å². The van der Waals surface area contributed by atoms with Gasteiger partial charge < -0.3 is 5.11 Å². The van der Waals surface area contributed by atoms with Crippen LogP contribution in [-0.4, -0.2) is 55.7 Å². The van der Waals surface area contributed by atoms with Crippen LogP contribution in [0.4, 0.5) is 35.1 Å². The first-order chi connectivity index (χ1) is 48.8. The molecule has 11 nitrogen and oxygen atoms in total. The third-order valence-electron chi connectivity index (χ3n) is 15.2. The number of thiazole rings is 1. The largest absolute Gasteiger partial charge is 0.433 e. The standard InChI is InChI=1S/C11H17NO.C11H15NO.2C10H12F3N.C10H14FN.2C10H15N.C9H12FN.C7H11NS/c2*1-8(13)9-6-5-7-12-10(9)11(2,3)4;1-9(2,3)8-6-7(4-5-14-8)10(11,12)13;1-9(2,3)7-5-4-6-8(14-7)10(11,12)13;1-7-5-8(11)9(12-6-7)10(2,3)4;1-8-5-6-9(11-7-8)10(2,3)4;1-8-6-5-7-11-9(8)10(2,3)4;1-9(2,3)7-5-4-6-8(10)11-7;1-7(2,3)6-8-4-5-9-6/h5-8,13H,1-4H3;5-7H,1-4H3;2*4-6H,1-3H3;5-6H,1-4H3;2*5-7H,1-4H3;4-6H,1-3H3;4-5H,1-3H3. The Hall–Kier alpha value is -8.10. The number of carbonyl (C=O) groups excluding carboxylic acids is 1. The highest BCUT2D eigenvalue weighted by Gasteiger charge is 2.34. The lowest BCUT2D eigenvalue weighted by atomic mass is 9.87. The average molecular weight is 1520 g/mol. The van der Waals surface area contributed by atoms with E-state index in [0.29, 0.717) is 17.1 Å². The van der Waals surface area contributed by atoms with Crippen molar-refractivity contribution in [3.8, 4) is 0 Å². The quantitative estimate of drug-likeness (QED) is 0.0999. The van der Waals surface area contributed by atoms with Crippen LogP contribution in [0.25, 0.3) is 0 Å². The smallest absolute Gasteiger partial charge is 0.389 e. The summed E-state index contributed by atoms with van der Waals surface area (Å²) in [5, 5.41) is 12.8. The second-order valence-electron chi connectivity index (χ2n) is 35.6. The zero-order chi connectivity index (χ0) is 83.8. The summed E-state index contributed by atoms with van der Waals surface area (Å²) in [6.07, 6.45) is 2.93. The fourth-order valence-corrected chi connectivity index (χ4v) is 10.1. The number of aryl methyl sites for hydroxylation is 3. The molecule has 0 saturated heterocycles. The molecule has 0 aromatic carbocycles. The van der Waals surface area contributed by atoms with Gasteiger partial charge in [-0.2, -0.15) is 30.7 Å². The van der Waals surface area contributed by atoms with Crippen molar-refractivity contribution in [3.63, 3.8) is 0 Å². The first kappa shape index (κ1) is 97.9. The highest BCUT2D eigenvalue weighted by Crippen LogP contribution is 2.34. The summed E-state index contributed by atoms with van der Waals surface area (Å²) in [4.78, 5) is 48.1. The van der Waals surface area contributed by atoms with Crippen molar-refractivity contribution >= 4 is 17.1 Å². The third-order valence-corrected chi connectivity index (χ3v) is 16.4. The van der Waals surface area contributed by atoms with E-state index in [-0.39, 0.29) is 60.3 Å². The highest BCUT2D eigenvalue weighted by atomic mass is 32.1. The Morgan fingerprint density at radius 1 is 0.389 bits per heavy atom. The number of Topliss-reactive ketones (excluding diaryl/α,β-unsaturated/α-hetero) is 1. The summed E-state index contributed by atoms with van der Waals surface area (Å²) in [6, 6.07) is 28.1. The summed E-state index contributed by atoms with van der Waals surface area (Å²) in [7, 11) is 0. The minimum Gasteiger partial charge on any atom is -0.389 e. The molecular weight excluding hydrogens is 1400 g/mol. The van der Waals surface area contributed by atoms with Crippen LogP contribution in [0.3, 0.4) is 0 Å². The van der Waals surface area contributed by atoms with Gasteiger partial charge in [0.25, 0.3) is 0 Å². The maximum absolute atomic E-state index is 13.3. The number of hydrogen-bond donors (Lipinski definition) is 1. The van der Waals surface area contributed by atoms with Crippen LogP contribution >= 0.6 is 11.3 Å². The van der Waals surface area contributed by atoms with E-state index in [1.165, 1.54) is 46.2 Å². The Morgan fingerprint density at radius 2 is 0.843 bits per heavy atom. The summed E-state index contributed by atoms with van der Waals surface area (Å²) in [6.45, 7) is 64.2. The van der Waals surface area contributed by atoms with Crippen molar-refractivity contribution in [2.45, 2.75) is 289 Å². The second-order valence-corrected chi connectivity index (χ2v) is 36.5. The van der Waals surface area contributed by atoms with Crippen molar-refractivity contribution in [1.29, 1.82) is 0 Å². The van der Waals surface area contributed by atoms with Crippen molar-refractivity contribution < 1.29 is 45.0 Å². The van der Waals surface area contributed by atoms with Gasteiger partial charge in [0.1, 0.15) is 11.5 Å². The van der Waals surface area contributed by atoms with E-state index >= 15 is 0 Å². The minimum absolute atomic E-state index is 0.00637. The Balaban J connectivity index is 0.000000609. The van der Waals surface area contributed by atoms with Gasteiger partial charge in [0.2, 0.25) is 5.95 Å². The molecule has 0 fully saturated rings. The van der Waals surface area contributed by atoms with E-state index in [9.17, 15) is 45.0 Å². The molecule has 0 aliphatic rings. The molecule has 0 spiro atoms. The number of ketones is 1. The number of aliphatic hydroxyl groups is 1. The van der Waals surface area contributed by atoms with Crippen LogP contribution in [0.5, 0.6) is 0 Å². The highest BCUT2D eigenvalue weighted by molar-refractivity contribution is 7.09. The number of pyridine rings is 8. The minimum atomic E-state index is -4.36. The maximum Gasteiger partial charge on any atom is 0.433 e. The molecule has 9 heterocycles. The lowest BCUT2D eigenvalue weighted by Gasteiger charge is -2.22. The van der Waals surface area contributed by atoms with E-state index < -0.39 is 35.7 Å². The number of hydrogen-bond acceptors (Lipinski definition) is 12. The van der Waals surface area contributed by atoms with Crippen LogP contribution in [0.2, 0.25) is 0 Å². The topological polar surface area (TPSA) is 153 Å². The number of halogens is 8. The van der Waals surface area contributed by atoms with Crippen LogP contribution in [0.15, 0.2) is 152 Å². The molecule has 1 N–H and O–H groups in total. The monoisotopic (exact) mass is 1520 g/mol. The van der Waals surface area contributed by atoms with Crippen LogP contribution in [0, 0.1) is 32.5 Å². The molecule has 594 valence electrons. The second kappa shape index (κ2) is 40.5. The van der Waals surface area contributed by atoms with Gasteiger partial charge in [0.05, 0.1) is 33.8 Å². The van der Waals surface area contributed by atoms with Gasteiger partial charge >= 0.3 is 12.4 Å². The Labute approximate surface area is 645 Å². The van der Waals surface area contributed by atoms with Gasteiger partial charge in [0, 0.05) is 137 Å². The van der Waals surface area contributed by atoms with E-state index in [2.05, 4.69) is 181 Å². The molecular formula is C88H123F8N9O2S. The Kier molecular flexibility index (Phi) is 36.8. The van der Waals surface area contributed by atoms with Crippen molar-refractivity contribution in [1.82, 2.24) is 44.9 Å². The molecule has 0 bridgehead atoms. The fraction of sp³-hybridized carbons (Fsp3) is 0.500. The van der Waals surface area contributed by atoms with Gasteiger partial charge in [-0.25, -0.2) is 19.3 Å². The number of aromatic nitrogens is 9. The zero-order valence-corrected chi connectivity index (χ0v) is 71.1. The molecule has 0 aliphatic heterocycles. The van der Waals surface area contributed by atoms with Crippen LogP contribution in [-0.2, 0) is 61.1 Å². The first-order valence-corrected chi connectivity index (χ1v) is 36.9. The van der Waals surface area contributed by atoms with E-state index in [1.807, 2.05) is 144 Å². The molecule has 0 saturated carbocycles. The van der Waals surface area contributed by atoms with Gasteiger partial charge in [-0.15, -0.1) is 11.3 Å². The molecule has 9 aromatic rings. The lowest BCUT2D eigenvalue weighted by molar-refractivity contribution is -0.141. The van der Waals surface area contributed by atoms with E-state index in [0.717, 1.165) is 57.7 Å². The SMILES string of the molecule is CC(=O)c1cccnc1C(C)(C)C.CC(C)(C)c1cc(C(F)(F)F)ccn1.CC(C)(C)c1cccc(C(F)(F)F)n1.CC(C)(C)c1cccc(F)n1.CC(C)(C)c1nccs1.CC(O)c1cccnc1C(C)(C)C.Cc1ccc(C(C)(C)C)nc1.Cc1cccnc1C(C)(C)C.Cc1cnc(C(C)(C)C)c(F)c1. The van der Waals surface area contributed by atoms with Gasteiger partial charge in [-0.3, -0.25) is 34.7 Å². The molecule has 1 unspecified atom stereocenters. The Morgan fingerprint density at radius 3 is 1.19 bits per heavy atom. The Bertz CT molecular complexity index is 4020. The summed E-state index contributed by atoms with van der Waals surface area (Å²) < 4.78 is 99.7.